The standard InChI is InChI=1S/C9H18N2O/c1-11(9-6-10-7-9)8-2-4-12-5-3-8/h8-10H,2-7H2,1H3. The van der Waals surface area contributed by atoms with E-state index in [0.717, 1.165) is 25.3 Å². The number of nitrogens with zero attached hydrogens (tertiary/aromatic N) is 1. The monoisotopic (exact) mass is 170 g/mol. The summed E-state index contributed by atoms with van der Waals surface area (Å²) in [6.07, 6.45) is 2.43. The van der Waals surface area contributed by atoms with Crippen LogP contribution in [0.15, 0.2) is 0 Å². The first-order valence-electron chi connectivity index (χ1n) is 4.88. The molecule has 3 heteroatoms. The first-order valence-corrected chi connectivity index (χ1v) is 4.88. The van der Waals surface area contributed by atoms with Crippen molar-refractivity contribution in [3.05, 3.63) is 0 Å². The van der Waals surface area contributed by atoms with Gasteiger partial charge in [-0.2, -0.15) is 0 Å². The van der Waals surface area contributed by atoms with E-state index < -0.39 is 0 Å². The van der Waals surface area contributed by atoms with Crippen LogP contribution < -0.4 is 5.32 Å². The van der Waals surface area contributed by atoms with E-state index in [4.69, 9.17) is 4.74 Å². The lowest BCUT2D eigenvalue weighted by Crippen LogP contribution is -2.59. The summed E-state index contributed by atoms with van der Waals surface area (Å²) in [5, 5.41) is 3.31. The van der Waals surface area contributed by atoms with Gasteiger partial charge in [-0.1, -0.05) is 0 Å². The van der Waals surface area contributed by atoms with Crippen LogP contribution in [0.1, 0.15) is 12.8 Å². The fourth-order valence-electron chi connectivity index (χ4n) is 1.95. The van der Waals surface area contributed by atoms with Crippen molar-refractivity contribution in [3.8, 4) is 0 Å². The van der Waals surface area contributed by atoms with E-state index in [9.17, 15) is 0 Å². The molecule has 0 saturated carbocycles. The largest absolute Gasteiger partial charge is 0.381 e. The first-order chi connectivity index (χ1) is 5.88. The predicted octanol–water partition coefficient (Wildman–Crippen LogP) is 0.0690. The zero-order valence-corrected chi connectivity index (χ0v) is 7.75. The summed E-state index contributed by atoms with van der Waals surface area (Å²) in [5.74, 6) is 0. The van der Waals surface area contributed by atoms with Crippen molar-refractivity contribution < 1.29 is 4.74 Å². The molecule has 0 spiro atoms. The third-order valence-electron chi connectivity index (χ3n) is 3.10. The van der Waals surface area contributed by atoms with Gasteiger partial charge in [-0.05, 0) is 19.9 Å². The van der Waals surface area contributed by atoms with Crippen molar-refractivity contribution in [2.24, 2.45) is 0 Å². The van der Waals surface area contributed by atoms with E-state index in [1.165, 1.54) is 25.9 Å². The molecule has 2 aliphatic rings. The smallest absolute Gasteiger partial charge is 0.0480 e. The highest BCUT2D eigenvalue weighted by molar-refractivity contribution is 4.87. The molecule has 2 saturated heterocycles. The van der Waals surface area contributed by atoms with Crippen LogP contribution in [-0.4, -0.2) is 50.3 Å². The molecule has 0 aliphatic carbocycles. The van der Waals surface area contributed by atoms with Gasteiger partial charge in [0.2, 0.25) is 0 Å². The Hall–Kier alpha value is -0.120. The fraction of sp³-hybridized carbons (Fsp3) is 1.00. The van der Waals surface area contributed by atoms with Crippen molar-refractivity contribution in [3.63, 3.8) is 0 Å². The summed E-state index contributed by atoms with van der Waals surface area (Å²) in [4.78, 5) is 2.53. The first kappa shape index (κ1) is 8.48. The molecule has 0 bridgehead atoms. The molecule has 2 fully saturated rings. The Balaban J connectivity index is 1.80. The molecule has 12 heavy (non-hydrogen) atoms. The number of rotatable bonds is 2. The minimum atomic E-state index is 0.769. The average molecular weight is 170 g/mol. The zero-order valence-electron chi connectivity index (χ0n) is 7.75. The number of hydrogen-bond donors (Lipinski definition) is 1. The third kappa shape index (κ3) is 1.63. The maximum Gasteiger partial charge on any atom is 0.0480 e. The molecule has 1 N–H and O–H groups in total. The minimum Gasteiger partial charge on any atom is -0.381 e. The van der Waals surface area contributed by atoms with Gasteiger partial charge in [-0.15, -0.1) is 0 Å². The number of hydrogen-bond acceptors (Lipinski definition) is 3. The number of nitrogens with one attached hydrogen (secondary N) is 1. The molecule has 0 aromatic carbocycles. The summed E-state index contributed by atoms with van der Waals surface area (Å²) < 4.78 is 5.34. The minimum absolute atomic E-state index is 0.769. The Labute approximate surface area is 74.1 Å². The average Bonchev–Trinajstić information content (AvgIpc) is 2.03. The van der Waals surface area contributed by atoms with Crippen LogP contribution in [0.4, 0.5) is 0 Å². The second-order valence-electron chi connectivity index (χ2n) is 3.82. The Morgan fingerprint density at radius 2 is 1.83 bits per heavy atom. The number of ether oxygens (including phenoxy) is 1. The molecule has 70 valence electrons. The molecule has 0 aromatic heterocycles. The Kier molecular flexibility index (Phi) is 2.63. The van der Waals surface area contributed by atoms with Crippen molar-refractivity contribution in [2.45, 2.75) is 24.9 Å². The van der Waals surface area contributed by atoms with E-state index in [1.54, 1.807) is 0 Å². The van der Waals surface area contributed by atoms with Gasteiger partial charge in [-0.25, -0.2) is 0 Å². The van der Waals surface area contributed by atoms with Crippen LogP contribution in [0.25, 0.3) is 0 Å². The maximum absolute atomic E-state index is 5.34. The molecule has 2 aliphatic heterocycles. The molecule has 0 atom stereocenters. The van der Waals surface area contributed by atoms with E-state index in [-0.39, 0.29) is 0 Å². The molecule has 0 radical (unpaired) electrons. The van der Waals surface area contributed by atoms with E-state index >= 15 is 0 Å². The second-order valence-corrected chi connectivity index (χ2v) is 3.82. The van der Waals surface area contributed by atoms with Crippen molar-refractivity contribution in [1.82, 2.24) is 10.2 Å². The Morgan fingerprint density at radius 1 is 1.17 bits per heavy atom. The van der Waals surface area contributed by atoms with Crippen LogP contribution in [0.2, 0.25) is 0 Å². The lowest BCUT2D eigenvalue weighted by atomic mass is 10.0. The topological polar surface area (TPSA) is 24.5 Å². The highest BCUT2D eigenvalue weighted by atomic mass is 16.5. The van der Waals surface area contributed by atoms with Gasteiger partial charge >= 0.3 is 0 Å². The van der Waals surface area contributed by atoms with Gasteiger partial charge in [0, 0.05) is 38.4 Å². The van der Waals surface area contributed by atoms with E-state index in [2.05, 4.69) is 17.3 Å². The van der Waals surface area contributed by atoms with Crippen LogP contribution in [-0.2, 0) is 4.74 Å². The van der Waals surface area contributed by atoms with Crippen LogP contribution in [0.3, 0.4) is 0 Å². The molecular formula is C9H18N2O. The van der Waals surface area contributed by atoms with Gasteiger partial charge in [0.05, 0.1) is 0 Å². The maximum atomic E-state index is 5.34. The lowest BCUT2D eigenvalue weighted by molar-refractivity contribution is 0.0192. The van der Waals surface area contributed by atoms with Crippen LogP contribution in [0.5, 0.6) is 0 Å². The van der Waals surface area contributed by atoms with Gasteiger partial charge in [0.25, 0.3) is 0 Å². The quantitative estimate of drug-likeness (QED) is 0.634. The highest BCUT2D eigenvalue weighted by Crippen LogP contribution is 2.16. The summed E-state index contributed by atoms with van der Waals surface area (Å²) in [6, 6.07) is 1.55. The fourth-order valence-corrected chi connectivity index (χ4v) is 1.95. The van der Waals surface area contributed by atoms with Crippen LogP contribution in [0, 0.1) is 0 Å². The Morgan fingerprint density at radius 3 is 2.33 bits per heavy atom. The predicted molar refractivity (Wildman–Crippen MR) is 48.3 cm³/mol. The zero-order chi connectivity index (χ0) is 8.39. The summed E-state index contributed by atoms with van der Waals surface area (Å²) in [6.45, 7) is 4.26. The van der Waals surface area contributed by atoms with Crippen molar-refractivity contribution in [2.75, 3.05) is 33.4 Å². The third-order valence-corrected chi connectivity index (χ3v) is 3.10. The van der Waals surface area contributed by atoms with Crippen LogP contribution >= 0.6 is 0 Å². The molecule has 2 rings (SSSR count). The molecule has 3 nitrogen and oxygen atoms in total. The van der Waals surface area contributed by atoms with Gasteiger partial charge < -0.3 is 10.1 Å². The lowest BCUT2D eigenvalue weighted by Gasteiger charge is -2.41. The molecular weight excluding hydrogens is 152 g/mol. The molecule has 0 amide bonds. The molecule has 0 aromatic rings. The van der Waals surface area contributed by atoms with Crippen molar-refractivity contribution >= 4 is 0 Å². The van der Waals surface area contributed by atoms with E-state index in [1.807, 2.05) is 0 Å². The van der Waals surface area contributed by atoms with Crippen molar-refractivity contribution in [1.29, 1.82) is 0 Å². The molecule has 0 unspecified atom stereocenters. The highest BCUT2D eigenvalue weighted by Gasteiger charge is 2.28. The normalized spacial score (nSPS) is 27.5. The SMILES string of the molecule is CN(C1CCOCC1)C1CNC1. The summed E-state index contributed by atoms with van der Waals surface area (Å²) in [7, 11) is 2.25. The summed E-state index contributed by atoms with van der Waals surface area (Å²) in [5.41, 5.74) is 0. The number of likely N-dealkylation sites (N-methyl/N-ethyl adjacent to an activating group) is 1. The summed E-state index contributed by atoms with van der Waals surface area (Å²) >= 11 is 0. The Bertz CT molecular complexity index is 141. The van der Waals surface area contributed by atoms with E-state index in [0.29, 0.717) is 0 Å². The second kappa shape index (κ2) is 3.73. The van der Waals surface area contributed by atoms with Gasteiger partial charge in [0.15, 0.2) is 0 Å². The van der Waals surface area contributed by atoms with Gasteiger partial charge in [-0.3, -0.25) is 4.90 Å². The van der Waals surface area contributed by atoms with Gasteiger partial charge in [0.1, 0.15) is 0 Å². The molecule has 2 heterocycles.